The first-order valence-electron chi connectivity index (χ1n) is 8.89. The van der Waals surface area contributed by atoms with Gasteiger partial charge in [0, 0.05) is 26.8 Å². The normalized spacial score (nSPS) is 11.5. The van der Waals surface area contributed by atoms with Gasteiger partial charge in [0.2, 0.25) is 0 Å². The molecule has 0 bridgehead atoms. The molecule has 0 atom stereocenters. The summed E-state index contributed by atoms with van der Waals surface area (Å²) in [6.07, 6.45) is 1.18. The van der Waals surface area contributed by atoms with E-state index in [4.69, 9.17) is 4.74 Å². The van der Waals surface area contributed by atoms with Crippen molar-refractivity contribution in [1.29, 1.82) is 0 Å². The summed E-state index contributed by atoms with van der Waals surface area (Å²) in [4.78, 5) is 14.4. The molecule has 6 heteroatoms. The van der Waals surface area contributed by atoms with Crippen LogP contribution in [0.15, 0.2) is 82.5 Å². The molecule has 0 aliphatic carbocycles. The number of methoxy groups -OCH3 is 1. The van der Waals surface area contributed by atoms with E-state index in [9.17, 15) is 13.2 Å². The topological polar surface area (TPSA) is 60.4 Å². The highest BCUT2D eigenvalue weighted by atomic mass is 32.2. The fourth-order valence-corrected chi connectivity index (χ4v) is 5.05. The lowest BCUT2D eigenvalue weighted by molar-refractivity contribution is 0.415. The standard InChI is InChI=1S/C23H18O4S2/c1-27-17-11-7-15(8-12-17)21-22(24)19-5-3-4-6-20(19)28-23(21)16-9-13-18(14-10-16)29(2,25)26/h3-14H,1-2H3. The van der Waals surface area contributed by atoms with Gasteiger partial charge in [-0.05, 0) is 47.5 Å². The largest absolute Gasteiger partial charge is 0.497 e. The number of hydrogen-bond acceptors (Lipinski definition) is 5. The summed E-state index contributed by atoms with van der Waals surface area (Å²) in [6.45, 7) is 0. The molecule has 0 saturated carbocycles. The molecule has 0 radical (unpaired) electrons. The minimum absolute atomic E-state index is 0.0493. The molecular formula is C23H18O4S2. The van der Waals surface area contributed by atoms with Gasteiger partial charge in [-0.15, -0.1) is 11.3 Å². The molecule has 0 N–H and O–H groups in total. The Bertz CT molecular complexity index is 1350. The van der Waals surface area contributed by atoms with Crippen molar-refractivity contribution in [3.05, 3.63) is 83.0 Å². The van der Waals surface area contributed by atoms with E-state index in [0.29, 0.717) is 16.7 Å². The molecule has 0 aliphatic rings. The Kier molecular flexibility index (Phi) is 4.98. The van der Waals surface area contributed by atoms with Gasteiger partial charge in [0.15, 0.2) is 15.3 Å². The minimum Gasteiger partial charge on any atom is -0.497 e. The first kappa shape index (κ1) is 19.4. The van der Waals surface area contributed by atoms with Gasteiger partial charge in [0.25, 0.3) is 0 Å². The van der Waals surface area contributed by atoms with Gasteiger partial charge < -0.3 is 4.74 Å². The lowest BCUT2D eigenvalue weighted by Crippen LogP contribution is -2.06. The summed E-state index contributed by atoms with van der Waals surface area (Å²) in [5, 5.41) is 0.667. The first-order chi connectivity index (χ1) is 13.9. The Labute approximate surface area is 173 Å². The van der Waals surface area contributed by atoms with Gasteiger partial charge >= 0.3 is 0 Å². The predicted molar refractivity (Wildman–Crippen MR) is 119 cm³/mol. The van der Waals surface area contributed by atoms with Gasteiger partial charge in [-0.3, -0.25) is 4.79 Å². The van der Waals surface area contributed by atoms with E-state index in [-0.39, 0.29) is 10.3 Å². The monoisotopic (exact) mass is 422 g/mol. The molecule has 0 aliphatic heterocycles. The molecular weight excluding hydrogens is 404 g/mol. The molecule has 4 aromatic rings. The third-order valence-corrected chi connectivity index (χ3v) is 7.07. The number of benzene rings is 3. The van der Waals surface area contributed by atoms with Crippen LogP contribution in [-0.4, -0.2) is 21.8 Å². The second-order valence-corrected chi connectivity index (χ2v) is 9.72. The molecule has 0 amide bonds. The summed E-state index contributed by atoms with van der Waals surface area (Å²) in [7, 11) is -1.69. The van der Waals surface area contributed by atoms with E-state index in [0.717, 1.165) is 20.7 Å². The number of rotatable bonds is 4. The number of sulfone groups is 1. The zero-order valence-corrected chi connectivity index (χ0v) is 17.5. The summed E-state index contributed by atoms with van der Waals surface area (Å²) in [5.41, 5.74) is 2.14. The maximum atomic E-state index is 13.4. The Hall–Kier alpha value is -2.96. The second-order valence-electron chi connectivity index (χ2n) is 6.66. The molecule has 1 aromatic heterocycles. The van der Waals surface area contributed by atoms with Crippen LogP contribution in [0.4, 0.5) is 0 Å². The zero-order valence-electron chi connectivity index (χ0n) is 15.9. The van der Waals surface area contributed by atoms with Crippen molar-refractivity contribution in [2.45, 2.75) is 4.90 Å². The van der Waals surface area contributed by atoms with E-state index in [2.05, 4.69) is 0 Å². The van der Waals surface area contributed by atoms with Crippen LogP contribution in [0.1, 0.15) is 0 Å². The van der Waals surface area contributed by atoms with E-state index in [1.807, 2.05) is 48.5 Å². The fraction of sp³-hybridized carbons (Fsp3) is 0.0870. The van der Waals surface area contributed by atoms with Gasteiger partial charge in [0.05, 0.1) is 12.0 Å². The van der Waals surface area contributed by atoms with E-state index >= 15 is 0 Å². The lowest BCUT2D eigenvalue weighted by Gasteiger charge is -2.12. The smallest absolute Gasteiger partial charge is 0.196 e. The van der Waals surface area contributed by atoms with Crippen LogP contribution in [0.5, 0.6) is 5.75 Å². The maximum absolute atomic E-state index is 13.4. The number of ether oxygens (including phenoxy) is 1. The van der Waals surface area contributed by atoms with Gasteiger partial charge in [-0.1, -0.05) is 36.4 Å². The van der Waals surface area contributed by atoms with Crippen LogP contribution in [0, 0.1) is 0 Å². The van der Waals surface area contributed by atoms with Gasteiger partial charge in [-0.25, -0.2) is 8.42 Å². The molecule has 4 nitrogen and oxygen atoms in total. The molecule has 0 saturated heterocycles. The highest BCUT2D eigenvalue weighted by Crippen LogP contribution is 2.37. The zero-order chi connectivity index (χ0) is 20.6. The molecule has 1 heterocycles. The van der Waals surface area contributed by atoms with Crippen molar-refractivity contribution in [3.8, 4) is 27.3 Å². The molecule has 4 rings (SSSR count). The average Bonchev–Trinajstić information content (AvgIpc) is 2.73. The highest BCUT2D eigenvalue weighted by molar-refractivity contribution is 7.90. The molecule has 29 heavy (non-hydrogen) atoms. The molecule has 146 valence electrons. The summed E-state index contributed by atoms with van der Waals surface area (Å²) in [6, 6.07) is 21.6. The third kappa shape index (κ3) is 3.69. The van der Waals surface area contributed by atoms with Crippen molar-refractivity contribution in [1.82, 2.24) is 0 Å². The number of hydrogen-bond donors (Lipinski definition) is 0. The van der Waals surface area contributed by atoms with Crippen LogP contribution in [0.2, 0.25) is 0 Å². The van der Waals surface area contributed by atoms with Crippen LogP contribution in [0.3, 0.4) is 0 Å². The van der Waals surface area contributed by atoms with Gasteiger partial charge in [0.1, 0.15) is 5.75 Å². The first-order valence-corrected chi connectivity index (χ1v) is 11.6. The highest BCUT2D eigenvalue weighted by Gasteiger charge is 2.17. The summed E-state index contributed by atoms with van der Waals surface area (Å²) < 4.78 is 29.7. The fourth-order valence-electron chi connectivity index (χ4n) is 3.22. The Morgan fingerprint density at radius 2 is 1.45 bits per heavy atom. The lowest BCUT2D eigenvalue weighted by atomic mass is 10.0. The van der Waals surface area contributed by atoms with Crippen LogP contribution in [-0.2, 0) is 9.84 Å². The van der Waals surface area contributed by atoms with Crippen LogP contribution >= 0.6 is 11.3 Å². The van der Waals surface area contributed by atoms with Crippen molar-refractivity contribution < 1.29 is 13.2 Å². The summed E-state index contributed by atoms with van der Waals surface area (Å²) >= 11 is 1.52. The maximum Gasteiger partial charge on any atom is 0.196 e. The molecule has 0 spiro atoms. The van der Waals surface area contributed by atoms with Crippen molar-refractivity contribution in [2.24, 2.45) is 0 Å². The van der Waals surface area contributed by atoms with Crippen LogP contribution < -0.4 is 10.2 Å². The quantitative estimate of drug-likeness (QED) is 0.464. The summed E-state index contributed by atoms with van der Waals surface area (Å²) in [5.74, 6) is 0.713. The molecule has 3 aromatic carbocycles. The SMILES string of the molecule is COc1ccc(-c2c(-c3ccc(S(C)(=O)=O)cc3)sc3ccccc3c2=O)cc1. The van der Waals surface area contributed by atoms with E-state index < -0.39 is 9.84 Å². The Balaban J connectivity index is 2.00. The Morgan fingerprint density at radius 1 is 0.828 bits per heavy atom. The number of fused-ring (bicyclic) bond motifs is 1. The Morgan fingerprint density at radius 3 is 2.07 bits per heavy atom. The third-order valence-electron chi connectivity index (χ3n) is 4.72. The van der Waals surface area contributed by atoms with Crippen molar-refractivity contribution in [3.63, 3.8) is 0 Å². The van der Waals surface area contributed by atoms with E-state index in [1.54, 1.807) is 31.4 Å². The second kappa shape index (κ2) is 7.46. The molecule has 0 fully saturated rings. The van der Waals surface area contributed by atoms with Crippen molar-refractivity contribution in [2.75, 3.05) is 13.4 Å². The average molecular weight is 423 g/mol. The van der Waals surface area contributed by atoms with Gasteiger partial charge in [-0.2, -0.15) is 0 Å². The van der Waals surface area contributed by atoms with E-state index in [1.165, 1.54) is 17.6 Å². The molecule has 0 unspecified atom stereocenters. The van der Waals surface area contributed by atoms with Crippen LogP contribution in [0.25, 0.3) is 31.7 Å². The predicted octanol–water partition coefficient (Wildman–Crippen LogP) is 5.01. The minimum atomic E-state index is -3.29. The van der Waals surface area contributed by atoms with Crippen molar-refractivity contribution >= 4 is 31.3 Å².